The molecular formula is C31H22FN3O5. The minimum absolute atomic E-state index is 0.0318. The van der Waals surface area contributed by atoms with Gasteiger partial charge < -0.3 is 10.1 Å². The van der Waals surface area contributed by atoms with Gasteiger partial charge in [0.15, 0.2) is 6.61 Å². The Bertz CT molecular complexity index is 1560. The maximum Gasteiger partial charge on any atom is 0.343 e. The highest BCUT2D eigenvalue weighted by Gasteiger charge is 2.43. The lowest BCUT2D eigenvalue weighted by molar-refractivity contribution is -0.121. The normalized spacial score (nSPS) is 13.3. The number of rotatable bonds is 7. The van der Waals surface area contributed by atoms with Crippen LogP contribution in [-0.2, 0) is 14.4 Å². The number of nitrogens with one attached hydrogen (secondary N) is 1. The minimum Gasteiger partial charge on any atom is -0.484 e. The maximum absolute atomic E-state index is 13.8. The SMILES string of the molecule is O=C(COc1cccc(C=C2C(=O)N(c3ccccc3)C(=O)N(c3ccccc3)C2=O)c1)Nc1ccccc1F. The predicted molar refractivity (Wildman–Crippen MR) is 148 cm³/mol. The second-order valence-electron chi connectivity index (χ2n) is 8.68. The molecule has 0 unspecified atom stereocenters. The number of amides is 5. The van der Waals surface area contributed by atoms with Gasteiger partial charge in [-0.1, -0.05) is 60.7 Å². The van der Waals surface area contributed by atoms with Crippen molar-refractivity contribution in [1.82, 2.24) is 0 Å². The molecule has 5 amide bonds. The van der Waals surface area contributed by atoms with E-state index >= 15 is 0 Å². The number of benzene rings is 4. The summed E-state index contributed by atoms with van der Waals surface area (Å²) >= 11 is 0. The Balaban J connectivity index is 1.42. The van der Waals surface area contributed by atoms with Crippen molar-refractivity contribution in [2.75, 3.05) is 21.7 Å². The first-order valence-corrected chi connectivity index (χ1v) is 12.2. The van der Waals surface area contributed by atoms with Crippen LogP contribution in [-0.4, -0.2) is 30.4 Å². The number of para-hydroxylation sites is 3. The number of barbiturate groups is 1. The van der Waals surface area contributed by atoms with Gasteiger partial charge in [-0.05, 0) is 60.2 Å². The molecule has 9 heteroatoms. The van der Waals surface area contributed by atoms with Gasteiger partial charge in [-0.15, -0.1) is 0 Å². The van der Waals surface area contributed by atoms with Gasteiger partial charge in [-0.2, -0.15) is 0 Å². The number of hydrogen-bond donors (Lipinski definition) is 1. The standard InChI is InChI=1S/C31H22FN3O5/c32-26-16-7-8-17-27(26)33-28(36)20-40-24-15-9-10-21(18-24)19-25-29(37)34(22-11-3-1-4-12-22)31(39)35(30(25)38)23-13-5-2-6-14-23/h1-19H,20H2,(H,33,36). The summed E-state index contributed by atoms with van der Waals surface area (Å²) in [6, 6.07) is 28.1. The average Bonchev–Trinajstić information content (AvgIpc) is 2.97. The van der Waals surface area contributed by atoms with E-state index in [9.17, 15) is 23.6 Å². The predicted octanol–water partition coefficient (Wildman–Crippen LogP) is 5.43. The number of hydrogen-bond acceptors (Lipinski definition) is 5. The van der Waals surface area contributed by atoms with E-state index in [2.05, 4.69) is 5.32 Å². The van der Waals surface area contributed by atoms with Crippen molar-refractivity contribution in [3.05, 3.63) is 126 Å². The van der Waals surface area contributed by atoms with Crippen molar-refractivity contribution in [2.24, 2.45) is 0 Å². The highest BCUT2D eigenvalue weighted by molar-refractivity contribution is 6.46. The Hall–Kier alpha value is -5.57. The van der Waals surface area contributed by atoms with Crippen molar-refractivity contribution in [3.63, 3.8) is 0 Å². The summed E-state index contributed by atoms with van der Waals surface area (Å²) < 4.78 is 19.4. The molecule has 5 rings (SSSR count). The largest absolute Gasteiger partial charge is 0.484 e. The lowest BCUT2D eigenvalue weighted by Crippen LogP contribution is -2.57. The van der Waals surface area contributed by atoms with Gasteiger partial charge in [-0.25, -0.2) is 19.0 Å². The third-order valence-corrected chi connectivity index (χ3v) is 5.97. The van der Waals surface area contributed by atoms with E-state index in [0.717, 1.165) is 9.80 Å². The first-order valence-electron chi connectivity index (χ1n) is 12.2. The lowest BCUT2D eigenvalue weighted by Gasteiger charge is -2.33. The van der Waals surface area contributed by atoms with Crippen LogP contribution >= 0.6 is 0 Å². The molecule has 0 aliphatic carbocycles. The van der Waals surface area contributed by atoms with Crippen LogP contribution in [0.15, 0.2) is 115 Å². The third-order valence-electron chi connectivity index (χ3n) is 5.97. The number of urea groups is 1. The number of halogens is 1. The molecule has 4 aromatic rings. The summed E-state index contributed by atoms with van der Waals surface area (Å²) in [5.74, 6) is -2.40. The van der Waals surface area contributed by atoms with Gasteiger partial charge in [0.05, 0.1) is 17.1 Å². The fraction of sp³-hybridized carbons (Fsp3) is 0.0323. The number of carbonyl (C=O) groups is 4. The summed E-state index contributed by atoms with van der Waals surface area (Å²) in [4.78, 5) is 54.6. The molecule has 1 saturated heterocycles. The Kier molecular flexibility index (Phi) is 7.45. The van der Waals surface area contributed by atoms with Gasteiger partial charge in [0.2, 0.25) is 0 Å². The number of anilines is 3. The Morgan fingerprint density at radius 3 is 1.93 bits per heavy atom. The molecule has 0 aromatic heterocycles. The highest BCUT2D eigenvalue weighted by atomic mass is 19.1. The van der Waals surface area contributed by atoms with Crippen LogP contribution in [0.1, 0.15) is 5.56 Å². The monoisotopic (exact) mass is 535 g/mol. The summed E-state index contributed by atoms with van der Waals surface area (Å²) in [5.41, 5.74) is 0.856. The molecule has 0 radical (unpaired) electrons. The zero-order valence-corrected chi connectivity index (χ0v) is 21.0. The fourth-order valence-electron chi connectivity index (χ4n) is 4.10. The molecule has 40 heavy (non-hydrogen) atoms. The highest BCUT2D eigenvalue weighted by Crippen LogP contribution is 2.30. The first-order chi connectivity index (χ1) is 19.4. The molecule has 1 aliphatic rings. The van der Waals surface area contributed by atoms with Crippen molar-refractivity contribution in [3.8, 4) is 5.75 Å². The average molecular weight is 536 g/mol. The summed E-state index contributed by atoms with van der Waals surface area (Å²) in [6.45, 7) is -0.399. The molecular weight excluding hydrogens is 513 g/mol. The van der Waals surface area contributed by atoms with Crippen LogP contribution in [0.25, 0.3) is 6.08 Å². The van der Waals surface area contributed by atoms with Crippen LogP contribution in [0.2, 0.25) is 0 Å². The molecule has 198 valence electrons. The Labute approximate surface area is 228 Å². The van der Waals surface area contributed by atoms with E-state index < -0.39 is 36.2 Å². The zero-order valence-electron chi connectivity index (χ0n) is 21.0. The quantitative estimate of drug-likeness (QED) is 0.252. The number of carbonyl (C=O) groups excluding carboxylic acids is 4. The molecule has 0 atom stereocenters. The van der Waals surface area contributed by atoms with Gasteiger partial charge in [0.1, 0.15) is 17.1 Å². The smallest absolute Gasteiger partial charge is 0.343 e. The second kappa shape index (κ2) is 11.4. The van der Waals surface area contributed by atoms with E-state index in [1.807, 2.05) is 0 Å². The van der Waals surface area contributed by atoms with E-state index in [1.165, 1.54) is 24.3 Å². The van der Waals surface area contributed by atoms with Crippen LogP contribution in [0.4, 0.5) is 26.2 Å². The Morgan fingerprint density at radius 2 is 1.32 bits per heavy atom. The second-order valence-corrected chi connectivity index (χ2v) is 8.68. The van der Waals surface area contributed by atoms with Crippen LogP contribution in [0.5, 0.6) is 5.75 Å². The van der Waals surface area contributed by atoms with E-state index in [4.69, 9.17) is 4.74 Å². The van der Waals surface area contributed by atoms with Gasteiger partial charge in [0, 0.05) is 0 Å². The van der Waals surface area contributed by atoms with E-state index in [0.29, 0.717) is 16.9 Å². The van der Waals surface area contributed by atoms with Crippen LogP contribution < -0.4 is 19.9 Å². The summed E-state index contributed by atoms with van der Waals surface area (Å²) in [7, 11) is 0. The molecule has 0 bridgehead atoms. The van der Waals surface area contributed by atoms with Crippen molar-refractivity contribution < 1.29 is 28.3 Å². The molecule has 4 aromatic carbocycles. The molecule has 1 aliphatic heterocycles. The van der Waals surface area contributed by atoms with Crippen LogP contribution in [0.3, 0.4) is 0 Å². The molecule has 1 N–H and O–H groups in total. The van der Waals surface area contributed by atoms with Gasteiger partial charge >= 0.3 is 6.03 Å². The van der Waals surface area contributed by atoms with E-state index in [1.54, 1.807) is 91.0 Å². The maximum atomic E-state index is 13.8. The molecule has 0 saturated carbocycles. The minimum atomic E-state index is -0.789. The van der Waals surface area contributed by atoms with Crippen molar-refractivity contribution >= 4 is 46.9 Å². The van der Waals surface area contributed by atoms with Crippen LogP contribution in [0, 0.1) is 5.82 Å². The fourth-order valence-corrected chi connectivity index (χ4v) is 4.10. The first kappa shape index (κ1) is 26.1. The number of nitrogens with zero attached hydrogens (tertiary/aromatic N) is 2. The topological polar surface area (TPSA) is 96.0 Å². The van der Waals surface area contributed by atoms with Gasteiger partial charge in [0.25, 0.3) is 17.7 Å². The molecule has 1 heterocycles. The number of imide groups is 2. The summed E-state index contributed by atoms with van der Waals surface area (Å²) in [6.07, 6.45) is 1.37. The lowest BCUT2D eigenvalue weighted by atomic mass is 10.0. The molecule has 8 nitrogen and oxygen atoms in total. The zero-order chi connectivity index (χ0) is 28.1. The van der Waals surface area contributed by atoms with Crippen molar-refractivity contribution in [1.29, 1.82) is 0 Å². The van der Waals surface area contributed by atoms with Crippen molar-refractivity contribution in [2.45, 2.75) is 0 Å². The van der Waals surface area contributed by atoms with Gasteiger partial charge in [-0.3, -0.25) is 14.4 Å². The molecule has 0 spiro atoms. The van der Waals surface area contributed by atoms with E-state index in [-0.39, 0.29) is 17.0 Å². The summed E-state index contributed by atoms with van der Waals surface area (Å²) in [5, 5.41) is 2.43. The molecule has 1 fully saturated rings. The third kappa shape index (κ3) is 5.48. The Morgan fingerprint density at radius 1 is 0.750 bits per heavy atom. The number of ether oxygens (including phenoxy) is 1.